The monoisotopic (exact) mass is 581 g/mol. The van der Waals surface area contributed by atoms with Gasteiger partial charge >= 0.3 is 5.97 Å². The second-order valence-corrected chi connectivity index (χ2v) is 12.3. The van der Waals surface area contributed by atoms with Crippen LogP contribution >= 0.6 is 0 Å². The molecule has 226 valence electrons. The summed E-state index contributed by atoms with van der Waals surface area (Å²) in [5, 5.41) is 8.57. The fourth-order valence-electron chi connectivity index (χ4n) is 5.88. The van der Waals surface area contributed by atoms with Crippen LogP contribution < -0.4 is 4.74 Å². The number of hydrogen-bond acceptors (Lipinski definition) is 7. The number of esters is 1. The van der Waals surface area contributed by atoms with E-state index in [0.29, 0.717) is 0 Å². The van der Waals surface area contributed by atoms with E-state index in [1.807, 2.05) is 67.3 Å². The molecular weight excluding hydrogens is 538 g/mol. The fourth-order valence-corrected chi connectivity index (χ4v) is 5.88. The van der Waals surface area contributed by atoms with E-state index in [2.05, 4.69) is 59.2 Å². The Labute approximate surface area is 255 Å². The van der Waals surface area contributed by atoms with Gasteiger partial charge in [0.25, 0.3) is 0 Å². The second-order valence-electron chi connectivity index (χ2n) is 12.3. The van der Waals surface area contributed by atoms with E-state index in [-0.39, 0.29) is 30.0 Å². The van der Waals surface area contributed by atoms with Crippen molar-refractivity contribution in [3.8, 4) is 5.75 Å². The van der Waals surface area contributed by atoms with Crippen molar-refractivity contribution in [2.24, 2.45) is 5.92 Å². The first-order chi connectivity index (χ1) is 20.7. The first kappa shape index (κ1) is 30.4. The molecule has 2 aromatic carbocycles. The predicted octanol–water partition coefficient (Wildman–Crippen LogP) is 6.27. The number of ether oxygens (including phenoxy) is 2. The van der Waals surface area contributed by atoms with Crippen LogP contribution in [-0.4, -0.2) is 43.0 Å². The van der Waals surface area contributed by atoms with Crippen LogP contribution in [0, 0.1) is 12.8 Å². The van der Waals surface area contributed by atoms with E-state index in [0.717, 1.165) is 67.2 Å². The van der Waals surface area contributed by atoms with Crippen LogP contribution in [0.4, 0.5) is 0 Å². The van der Waals surface area contributed by atoms with Crippen molar-refractivity contribution in [1.29, 1.82) is 0 Å². The Kier molecular flexibility index (Phi) is 9.56. The highest BCUT2D eigenvalue weighted by Gasteiger charge is 2.31. The number of pyridine rings is 1. The molecule has 2 aromatic heterocycles. The molecule has 0 N–H and O–H groups in total. The Morgan fingerprint density at radius 2 is 1.95 bits per heavy atom. The molecule has 1 aliphatic rings. The van der Waals surface area contributed by atoms with Gasteiger partial charge in [-0.05, 0) is 74.8 Å². The van der Waals surface area contributed by atoms with Gasteiger partial charge in [0.2, 0.25) is 0 Å². The fraction of sp³-hybridized carbons (Fsp3) is 0.429. The van der Waals surface area contributed by atoms with Crippen molar-refractivity contribution in [3.05, 3.63) is 107 Å². The summed E-state index contributed by atoms with van der Waals surface area (Å²) in [6.07, 6.45) is 7.17. The Morgan fingerprint density at radius 1 is 1.14 bits per heavy atom. The Balaban J connectivity index is 1.38. The number of carbonyl (C=O) groups is 1. The van der Waals surface area contributed by atoms with Gasteiger partial charge in [0.1, 0.15) is 18.0 Å². The van der Waals surface area contributed by atoms with Gasteiger partial charge in [0.05, 0.1) is 11.6 Å². The Bertz CT molecular complexity index is 1520. The molecule has 0 saturated heterocycles. The zero-order chi connectivity index (χ0) is 30.4. The molecule has 2 atom stereocenters. The number of aryl methyl sites for hydroxylation is 3. The predicted molar refractivity (Wildman–Crippen MR) is 166 cm³/mol. The van der Waals surface area contributed by atoms with E-state index in [1.54, 1.807) is 6.20 Å². The van der Waals surface area contributed by atoms with Crippen LogP contribution in [0.3, 0.4) is 0 Å². The summed E-state index contributed by atoms with van der Waals surface area (Å²) in [6.45, 7) is 13.8. The maximum absolute atomic E-state index is 13.4. The number of rotatable bonds is 11. The van der Waals surface area contributed by atoms with Crippen molar-refractivity contribution in [2.75, 3.05) is 6.54 Å². The summed E-state index contributed by atoms with van der Waals surface area (Å²) < 4.78 is 14.0. The van der Waals surface area contributed by atoms with Gasteiger partial charge in [-0.3, -0.25) is 19.4 Å². The zero-order valence-electron chi connectivity index (χ0n) is 26.0. The maximum Gasteiger partial charge on any atom is 0.309 e. The summed E-state index contributed by atoms with van der Waals surface area (Å²) in [5.41, 5.74) is 6.27. The molecule has 0 aliphatic carbocycles. The molecule has 5 rings (SSSR count). The Morgan fingerprint density at radius 3 is 2.72 bits per heavy atom. The smallest absolute Gasteiger partial charge is 0.309 e. The molecule has 0 saturated carbocycles. The average Bonchev–Trinajstić information content (AvgIpc) is 3.41. The van der Waals surface area contributed by atoms with Crippen LogP contribution in [0.5, 0.6) is 5.75 Å². The van der Waals surface area contributed by atoms with Gasteiger partial charge in [0.15, 0.2) is 0 Å². The number of fused-ring (bicyclic) bond motifs is 1. The summed E-state index contributed by atoms with van der Waals surface area (Å²) in [7, 11) is 0. The largest absolute Gasteiger partial charge is 0.486 e. The summed E-state index contributed by atoms with van der Waals surface area (Å²) in [6, 6.07) is 18.4. The molecule has 4 aromatic rings. The van der Waals surface area contributed by atoms with Crippen molar-refractivity contribution < 1.29 is 14.3 Å². The minimum Gasteiger partial charge on any atom is -0.486 e. The molecule has 0 amide bonds. The highest BCUT2D eigenvalue weighted by atomic mass is 16.5. The normalized spacial score (nSPS) is 16.0. The van der Waals surface area contributed by atoms with Crippen LogP contribution in [0.1, 0.15) is 73.5 Å². The van der Waals surface area contributed by atoms with Crippen LogP contribution in [0.2, 0.25) is 0 Å². The maximum atomic E-state index is 13.4. The molecule has 1 aliphatic heterocycles. The van der Waals surface area contributed by atoms with E-state index in [1.165, 1.54) is 11.1 Å². The lowest BCUT2D eigenvalue weighted by atomic mass is 9.82. The molecule has 8 nitrogen and oxygen atoms in total. The zero-order valence-corrected chi connectivity index (χ0v) is 26.0. The molecule has 0 spiro atoms. The average molecular weight is 582 g/mol. The molecule has 8 heteroatoms. The van der Waals surface area contributed by atoms with Crippen LogP contribution in [0.25, 0.3) is 0 Å². The molecular formula is C35H43N5O3. The highest BCUT2D eigenvalue weighted by Crippen LogP contribution is 2.34. The van der Waals surface area contributed by atoms with Gasteiger partial charge in [0, 0.05) is 50.3 Å². The molecule has 0 fully saturated rings. The highest BCUT2D eigenvalue weighted by molar-refractivity contribution is 5.73. The van der Waals surface area contributed by atoms with Crippen LogP contribution in [-0.2, 0) is 42.2 Å². The number of nitrogens with zero attached hydrogens (tertiary/aromatic N) is 5. The second kappa shape index (κ2) is 13.5. The molecule has 0 bridgehead atoms. The van der Waals surface area contributed by atoms with Gasteiger partial charge in [-0.2, -0.15) is 0 Å². The lowest BCUT2D eigenvalue weighted by Crippen LogP contribution is -2.40. The standard InChI is InChI=1S/C35H43N5O3/c1-6-40-22-31(37-38-40)14-15-32(26(3)34(41)42-23-27-10-8-7-9-11-27)28-13-12-25(2)29(18-28)20-39-21-30-19-36-17-16-33(30)43-35(4,5)24-39/h7-13,16-19,22,26,32H,6,14-15,20-21,23-24H2,1-5H3. The third-order valence-corrected chi connectivity index (χ3v) is 8.26. The topological polar surface area (TPSA) is 82.4 Å². The van der Waals surface area contributed by atoms with Gasteiger partial charge in [-0.15, -0.1) is 5.10 Å². The molecule has 43 heavy (non-hydrogen) atoms. The lowest BCUT2D eigenvalue weighted by molar-refractivity contribution is -0.150. The molecule has 0 radical (unpaired) electrons. The SMILES string of the molecule is CCn1cc(CCC(c2ccc(C)c(CN3Cc4cnccc4OC(C)(C)C3)c2)C(C)C(=O)OCc2ccccc2)nn1. The van der Waals surface area contributed by atoms with Crippen molar-refractivity contribution >= 4 is 5.97 Å². The van der Waals surface area contributed by atoms with E-state index in [9.17, 15) is 4.79 Å². The van der Waals surface area contributed by atoms with Gasteiger partial charge in [-0.25, -0.2) is 0 Å². The quantitative estimate of drug-likeness (QED) is 0.193. The number of aromatic nitrogens is 4. The van der Waals surface area contributed by atoms with Gasteiger partial charge in [-0.1, -0.05) is 60.7 Å². The molecule has 3 heterocycles. The van der Waals surface area contributed by atoms with E-state index in [4.69, 9.17) is 9.47 Å². The summed E-state index contributed by atoms with van der Waals surface area (Å²) >= 11 is 0. The first-order valence-corrected chi connectivity index (χ1v) is 15.2. The van der Waals surface area contributed by atoms with Gasteiger partial charge < -0.3 is 9.47 Å². The summed E-state index contributed by atoms with van der Waals surface area (Å²) in [4.78, 5) is 20.2. The third-order valence-electron chi connectivity index (χ3n) is 8.26. The third kappa shape index (κ3) is 7.87. The van der Waals surface area contributed by atoms with Crippen molar-refractivity contribution in [2.45, 2.75) is 85.2 Å². The lowest BCUT2D eigenvalue weighted by Gasteiger charge is -2.30. The Hall–Kier alpha value is -4.04. The van der Waals surface area contributed by atoms with Crippen molar-refractivity contribution in [1.82, 2.24) is 24.9 Å². The van der Waals surface area contributed by atoms with Crippen molar-refractivity contribution in [3.63, 3.8) is 0 Å². The number of carbonyl (C=O) groups excluding carboxylic acids is 1. The minimum absolute atomic E-state index is 0.0387. The van der Waals surface area contributed by atoms with E-state index < -0.39 is 0 Å². The van der Waals surface area contributed by atoms with E-state index >= 15 is 0 Å². The molecule has 2 unspecified atom stereocenters. The first-order valence-electron chi connectivity index (χ1n) is 15.2. The minimum atomic E-state index is -0.340. The van der Waals surface area contributed by atoms with Crippen LogP contribution in [0.15, 0.2) is 73.2 Å². The number of hydrogen-bond donors (Lipinski definition) is 0. The number of benzene rings is 2. The summed E-state index contributed by atoms with van der Waals surface area (Å²) in [5.74, 6) is 0.340.